The second kappa shape index (κ2) is 6.09. The third-order valence-corrected chi connectivity index (χ3v) is 4.69. The number of hydrogen-bond acceptors (Lipinski definition) is 2. The van der Waals surface area contributed by atoms with Crippen molar-refractivity contribution in [1.29, 1.82) is 0 Å². The van der Waals surface area contributed by atoms with Crippen LogP contribution in [0, 0.1) is 11.6 Å². The molecule has 112 valence electrons. The van der Waals surface area contributed by atoms with Gasteiger partial charge in [0.25, 0.3) is 0 Å². The summed E-state index contributed by atoms with van der Waals surface area (Å²) in [5.41, 5.74) is 0.0638. The van der Waals surface area contributed by atoms with Gasteiger partial charge in [0.15, 0.2) is 0 Å². The van der Waals surface area contributed by atoms with Crippen LogP contribution in [0.2, 0.25) is 5.02 Å². The van der Waals surface area contributed by atoms with E-state index in [1.807, 2.05) is 0 Å². The largest absolute Gasteiger partial charge is 0.241 e. The van der Waals surface area contributed by atoms with Crippen LogP contribution in [-0.4, -0.2) is 8.42 Å². The fourth-order valence-corrected chi connectivity index (χ4v) is 3.18. The van der Waals surface area contributed by atoms with Gasteiger partial charge in [-0.05, 0) is 37.3 Å². The molecule has 21 heavy (non-hydrogen) atoms. The first-order chi connectivity index (χ1) is 9.79. The topological polar surface area (TPSA) is 46.2 Å². The van der Waals surface area contributed by atoms with E-state index in [2.05, 4.69) is 4.72 Å². The van der Waals surface area contributed by atoms with Crippen LogP contribution in [0.1, 0.15) is 18.5 Å². The van der Waals surface area contributed by atoms with Gasteiger partial charge in [-0.1, -0.05) is 17.7 Å². The van der Waals surface area contributed by atoms with Crippen molar-refractivity contribution in [1.82, 2.24) is 4.72 Å². The zero-order chi connectivity index (χ0) is 15.6. The average Bonchev–Trinajstić information content (AvgIpc) is 2.38. The first kappa shape index (κ1) is 15.9. The predicted octanol–water partition coefficient (Wildman–Crippen LogP) is 3.66. The quantitative estimate of drug-likeness (QED) is 0.929. The third kappa shape index (κ3) is 3.78. The molecule has 0 aliphatic rings. The van der Waals surface area contributed by atoms with E-state index in [1.54, 1.807) is 0 Å². The zero-order valence-electron chi connectivity index (χ0n) is 11.0. The molecule has 2 aromatic rings. The van der Waals surface area contributed by atoms with E-state index in [9.17, 15) is 17.2 Å². The summed E-state index contributed by atoms with van der Waals surface area (Å²) in [6, 6.07) is 7.73. The first-order valence-corrected chi connectivity index (χ1v) is 7.88. The Kier molecular flexibility index (Phi) is 4.61. The van der Waals surface area contributed by atoms with Crippen LogP contribution in [0.3, 0.4) is 0 Å². The normalized spacial score (nSPS) is 13.1. The van der Waals surface area contributed by atoms with E-state index >= 15 is 0 Å². The molecule has 0 fully saturated rings. The second-order valence-electron chi connectivity index (χ2n) is 4.46. The molecule has 2 aromatic carbocycles. The summed E-state index contributed by atoms with van der Waals surface area (Å²) < 4.78 is 53.1. The zero-order valence-corrected chi connectivity index (χ0v) is 12.5. The summed E-state index contributed by atoms with van der Waals surface area (Å²) >= 11 is 5.70. The molecule has 0 aliphatic heterocycles. The van der Waals surface area contributed by atoms with Crippen molar-refractivity contribution in [3.05, 3.63) is 64.7 Å². The molecule has 0 heterocycles. The Labute approximate surface area is 126 Å². The molecule has 0 aliphatic carbocycles. The third-order valence-electron chi connectivity index (χ3n) is 2.88. The van der Waals surface area contributed by atoms with E-state index in [1.165, 1.54) is 37.3 Å². The highest BCUT2D eigenvalue weighted by molar-refractivity contribution is 7.89. The van der Waals surface area contributed by atoms with Crippen LogP contribution in [0.25, 0.3) is 0 Å². The van der Waals surface area contributed by atoms with E-state index in [0.717, 1.165) is 6.07 Å². The molecular weight excluding hydrogens is 320 g/mol. The molecule has 0 unspecified atom stereocenters. The Morgan fingerprint density at radius 2 is 1.71 bits per heavy atom. The van der Waals surface area contributed by atoms with Crippen molar-refractivity contribution < 1.29 is 17.2 Å². The van der Waals surface area contributed by atoms with E-state index in [0.29, 0.717) is 11.1 Å². The minimum atomic E-state index is -3.82. The van der Waals surface area contributed by atoms with Crippen LogP contribution in [0.15, 0.2) is 47.4 Å². The Hall–Kier alpha value is -1.50. The van der Waals surface area contributed by atoms with E-state index < -0.39 is 27.7 Å². The molecule has 0 spiro atoms. The first-order valence-electron chi connectivity index (χ1n) is 6.02. The Morgan fingerprint density at radius 1 is 1.10 bits per heavy atom. The van der Waals surface area contributed by atoms with Gasteiger partial charge in [-0.25, -0.2) is 21.9 Å². The number of hydrogen-bond donors (Lipinski definition) is 1. The number of halogens is 3. The van der Waals surface area contributed by atoms with Crippen LogP contribution >= 0.6 is 11.6 Å². The Balaban J connectivity index is 2.25. The Bertz CT molecular complexity index is 748. The molecule has 1 N–H and O–H groups in total. The maximum atomic E-state index is 13.6. The maximum absolute atomic E-state index is 13.6. The lowest BCUT2D eigenvalue weighted by molar-refractivity contribution is 0.540. The highest BCUT2D eigenvalue weighted by Crippen LogP contribution is 2.21. The Morgan fingerprint density at radius 3 is 2.29 bits per heavy atom. The van der Waals surface area contributed by atoms with Gasteiger partial charge in [0.2, 0.25) is 10.0 Å². The number of nitrogens with one attached hydrogen (secondary N) is 1. The fourth-order valence-electron chi connectivity index (χ4n) is 1.83. The minimum absolute atomic E-state index is 0.0151. The van der Waals surface area contributed by atoms with Gasteiger partial charge in [0.1, 0.15) is 11.6 Å². The van der Waals surface area contributed by atoms with Crippen molar-refractivity contribution in [2.45, 2.75) is 17.9 Å². The highest BCUT2D eigenvalue weighted by atomic mass is 35.5. The molecule has 2 rings (SSSR count). The van der Waals surface area contributed by atoms with Gasteiger partial charge < -0.3 is 0 Å². The molecule has 0 saturated carbocycles. The van der Waals surface area contributed by atoms with Crippen LogP contribution in [0.5, 0.6) is 0 Å². The molecule has 7 heteroatoms. The smallest absolute Gasteiger partial charge is 0.207 e. The number of sulfonamides is 1. The van der Waals surface area contributed by atoms with Gasteiger partial charge in [-0.15, -0.1) is 0 Å². The van der Waals surface area contributed by atoms with Crippen LogP contribution in [0.4, 0.5) is 8.78 Å². The van der Waals surface area contributed by atoms with Crippen molar-refractivity contribution in [3.8, 4) is 0 Å². The van der Waals surface area contributed by atoms with Gasteiger partial charge >= 0.3 is 0 Å². The van der Waals surface area contributed by atoms with Crippen molar-refractivity contribution >= 4 is 21.6 Å². The molecule has 0 bridgehead atoms. The summed E-state index contributed by atoms with van der Waals surface area (Å²) in [7, 11) is -3.82. The average molecular weight is 332 g/mol. The highest BCUT2D eigenvalue weighted by Gasteiger charge is 2.20. The van der Waals surface area contributed by atoms with Gasteiger partial charge in [0, 0.05) is 22.7 Å². The number of rotatable bonds is 4. The SMILES string of the molecule is C[C@@H](NS(=O)(=O)c1ccc(Cl)cc1)c1ccc(F)cc1F. The van der Waals surface area contributed by atoms with Crippen molar-refractivity contribution in [3.63, 3.8) is 0 Å². The van der Waals surface area contributed by atoms with E-state index in [-0.39, 0.29) is 10.5 Å². The molecule has 0 radical (unpaired) electrons. The maximum Gasteiger partial charge on any atom is 0.241 e. The van der Waals surface area contributed by atoms with E-state index in [4.69, 9.17) is 11.6 Å². The predicted molar refractivity (Wildman–Crippen MR) is 76.5 cm³/mol. The van der Waals surface area contributed by atoms with Crippen LogP contribution < -0.4 is 4.72 Å². The van der Waals surface area contributed by atoms with Crippen molar-refractivity contribution in [2.75, 3.05) is 0 Å². The van der Waals surface area contributed by atoms with Gasteiger partial charge in [-0.3, -0.25) is 0 Å². The summed E-state index contributed by atoms with van der Waals surface area (Å²) in [6.45, 7) is 1.48. The fraction of sp³-hybridized carbons (Fsp3) is 0.143. The summed E-state index contributed by atoms with van der Waals surface area (Å²) in [4.78, 5) is 0.0151. The molecule has 1 atom stereocenters. The lowest BCUT2D eigenvalue weighted by atomic mass is 10.1. The summed E-state index contributed by atoms with van der Waals surface area (Å²) in [6.07, 6.45) is 0. The molecule has 0 saturated heterocycles. The summed E-state index contributed by atoms with van der Waals surface area (Å²) in [5, 5.41) is 0.409. The van der Waals surface area contributed by atoms with Crippen LogP contribution in [-0.2, 0) is 10.0 Å². The number of benzene rings is 2. The van der Waals surface area contributed by atoms with Gasteiger partial charge in [-0.2, -0.15) is 0 Å². The molecule has 3 nitrogen and oxygen atoms in total. The molecule has 0 amide bonds. The lowest BCUT2D eigenvalue weighted by Crippen LogP contribution is -2.27. The monoisotopic (exact) mass is 331 g/mol. The standard InChI is InChI=1S/C14H12ClF2NO2S/c1-9(13-7-4-11(16)8-14(13)17)18-21(19,20)12-5-2-10(15)3-6-12/h2-9,18H,1H3/t9-/m1/s1. The second-order valence-corrected chi connectivity index (χ2v) is 6.61. The summed E-state index contributed by atoms with van der Waals surface area (Å²) in [5.74, 6) is -1.52. The molecular formula is C14H12ClF2NO2S. The van der Waals surface area contributed by atoms with Crippen molar-refractivity contribution in [2.24, 2.45) is 0 Å². The van der Waals surface area contributed by atoms with Gasteiger partial charge in [0.05, 0.1) is 4.90 Å². The minimum Gasteiger partial charge on any atom is -0.207 e. The molecule has 0 aromatic heterocycles. The lowest BCUT2D eigenvalue weighted by Gasteiger charge is -2.15.